The summed E-state index contributed by atoms with van der Waals surface area (Å²) in [7, 11) is 1.65. The van der Waals surface area contributed by atoms with Crippen LogP contribution in [0, 0.1) is 13.8 Å². The lowest BCUT2D eigenvalue weighted by Crippen LogP contribution is -1.89. The van der Waals surface area contributed by atoms with E-state index >= 15 is 0 Å². The van der Waals surface area contributed by atoms with Crippen molar-refractivity contribution in [1.82, 2.24) is 0 Å². The number of benzene rings is 2. The normalized spacial score (nSPS) is 10.1. The first-order chi connectivity index (χ1) is 8.19. The monoisotopic (exact) mass is 228 g/mol. The summed E-state index contributed by atoms with van der Waals surface area (Å²) >= 11 is 0. The van der Waals surface area contributed by atoms with E-state index in [0.29, 0.717) is 0 Å². The fourth-order valence-corrected chi connectivity index (χ4v) is 1.55. The average molecular weight is 228 g/mol. The highest BCUT2D eigenvalue weighted by Crippen LogP contribution is 2.28. The first-order valence-corrected chi connectivity index (χ1v) is 5.58. The highest BCUT2D eigenvalue weighted by molar-refractivity contribution is 5.42. The van der Waals surface area contributed by atoms with Gasteiger partial charge in [0.2, 0.25) is 0 Å². The van der Waals surface area contributed by atoms with E-state index in [-0.39, 0.29) is 0 Å². The Hall–Kier alpha value is -1.96. The molecule has 0 N–H and O–H groups in total. The van der Waals surface area contributed by atoms with Gasteiger partial charge in [0.05, 0.1) is 7.11 Å². The fraction of sp³-hybridized carbons (Fsp3) is 0.200. The number of methoxy groups -OCH3 is 1. The van der Waals surface area contributed by atoms with Crippen LogP contribution in [0.1, 0.15) is 11.1 Å². The quantitative estimate of drug-likeness (QED) is 0.787. The third-order valence-corrected chi connectivity index (χ3v) is 2.64. The predicted octanol–water partition coefficient (Wildman–Crippen LogP) is 4.10. The Kier molecular flexibility index (Phi) is 3.33. The van der Waals surface area contributed by atoms with Crippen LogP contribution in [0.5, 0.6) is 17.2 Å². The second-order valence-corrected chi connectivity index (χ2v) is 4.05. The number of aryl methyl sites for hydroxylation is 2. The largest absolute Gasteiger partial charge is 0.497 e. The van der Waals surface area contributed by atoms with Gasteiger partial charge in [0.1, 0.15) is 17.2 Å². The molecule has 2 rings (SSSR count). The minimum absolute atomic E-state index is 0.803. The topological polar surface area (TPSA) is 18.5 Å². The Morgan fingerprint density at radius 3 is 2.12 bits per heavy atom. The molecule has 0 aliphatic carbocycles. The maximum absolute atomic E-state index is 5.83. The summed E-state index contributed by atoms with van der Waals surface area (Å²) in [6.45, 7) is 4.07. The molecule has 17 heavy (non-hydrogen) atoms. The van der Waals surface area contributed by atoms with Crippen molar-refractivity contribution in [2.24, 2.45) is 0 Å². The van der Waals surface area contributed by atoms with Gasteiger partial charge in [-0.15, -0.1) is 0 Å². The molecule has 2 aromatic rings. The minimum atomic E-state index is 0.803. The van der Waals surface area contributed by atoms with Crippen LogP contribution in [0.15, 0.2) is 42.5 Å². The first kappa shape index (κ1) is 11.5. The molecule has 0 aliphatic rings. The summed E-state index contributed by atoms with van der Waals surface area (Å²) in [5.74, 6) is 2.47. The van der Waals surface area contributed by atoms with E-state index in [1.807, 2.05) is 49.4 Å². The minimum Gasteiger partial charge on any atom is -0.497 e. The van der Waals surface area contributed by atoms with Crippen molar-refractivity contribution in [2.75, 3.05) is 7.11 Å². The van der Waals surface area contributed by atoms with Crippen molar-refractivity contribution in [2.45, 2.75) is 13.8 Å². The molecule has 2 nitrogen and oxygen atoms in total. The van der Waals surface area contributed by atoms with Gasteiger partial charge in [-0.2, -0.15) is 0 Å². The van der Waals surface area contributed by atoms with Gasteiger partial charge in [-0.05, 0) is 37.6 Å². The van der Waals surface area contributed by atoms with E-state index in [1.165, 1.54) is 5.56 Å². The summed E-state index contributed by atoms with van der Waals surface area (Å²) in [5.41, 5.74) is 2.31. The van der Waals surface area contributed by atoms with Crippen LogP contribution in [-0.4, -0.2) is 7.11 Å². The van der Waals surface area contributed by atoms with Crippen LogP contribution >= 0.6 is 0 Å². The number of rotatable bonds is 3. The molecule has 2 heteroatoms. The molecule has 0 bridgehead atoms. The van der Waals surface area contributed by atoms with Crippen LogP contribution in [0.25, 0.3) is 0 Å². The molecule has 0 aromatic heterocycles. The predicted molar refractivity (Wildman–Crippen MR) is 69.0 cm³/mol. The van der Waals surface area contributed by atoms with Gasteiger partial charge in [-0.1, -0.05) is 23.8 Å². The van der Waals surface area contributed by atoms with Crippen molar-refractivity contribution in [3.63, 3.8) is 0 Å². The maximum atomic E-state index is 5.83. The molecule has 88 valence electrons. The van der Waals surface area contributed by atoms with Gasteiger partial charge >= 0.3 is 0 Å². The average Bonchev–Trinajstić information content (AvgIpc) is 2.35. The number of ether oxygens (including phenoxy) is 2. The second kappa shape index (κ2) is 4.91. The molecule has 0 amide bonds. The molecule has 0 fully saturated rings. The van der Waals surface area contributed by atoms with Crippen molar-refractivity contribution in [3.05, 3.63) is 53.6 Å². The van der Waals surface area contributed by atoms with Gasteiger partial charge in [0, 0.05) is 6.07 Å². The summed E-state index contributed by atoms with van der Waals surface area (Å²) in [6, 6.07) is 13.8. The van der Waals surface area contributed by atoms with Gasteiger partial charge in [-0.3, -0.25) is 0 Å². The Morgan fingerprint density at radius 1 is 0.824 bits per heavy atom. The zero-order chi connectivity index (χ0) is 12.3. The van der Waals surface area contributed by atoms with Gasteiger partial charge in [0.15, 0.2) is 0 Å². The highest BCUT2D eigenvalue weighted by Gasteiger charge is 2.03. The van der Waals surface area contributed by atoms with E-state index in [2.05, 4.69) is 6.92 Å². The molecule has 0 unspecified atom stereocenters. The van der Waals surface area contributed by atoms with Crippen LogP contribution in [0.3, 0.4) is 0 Å². The third kappa shape index (κ3) is 2.78. The molecule has 0 heterocycles. The standard InChI is InChI=1S/C15H16O2/c1-11-4-7-13(8-5-11)17-15-10-14(16-3)9-6-12(15)2/h4-10H,1-3H3. The first-order valence-electron chi connectivity index (χ1n) is 5.58. The zero-order valence-electron chi connectivity index (χ0n) is 10.4. The molecule has 2 aromatic carbocycles. The van der Waals surface area contributed by atoms with Crippen molar-refractivity contribution >= 4 is 0 Å². The Balaban J connectivity index is 2.25. The number of hydrogen-bond donors (Lipinski definition) is 0. The van der Waals surface area contributed by atoms with Crippen molar-refractivity contribution in [3.8, 4) is 17.2 Å². The van der Waals surface area contributed by atoms with E-state index in [4.69, 9.17) is 9.47 Å². The van der Waals surface area contributed by atoms with Gasteiger partial charge in [-0.25, -0.2) is 0 Å². The highest BCUT2D eigenvalue weighted by atomic mass is 16.5. The molecule has 0 atom stereocenters. The number of hydrogen-bond acceptors (Lipinski definition) is 2. The van der Waals surface area contributed by atoms with E-state index < -0.39 is 0 Å². The Bertz CT molecular complexity index is 501. The summed E-state index contributed by atoms with van der Waals surface area (Å²) in [5, 5.41) is 0. The molecular formula is C15H16O2. The molecule has 0 spiro atoms. The van der Waals surface area contributed by atoms with Gasteiger partial charge in [0.25, 0.3) is 0 Å². The molecule has 0 aliphatic heterocycles. The molecule has 0 saturated heterocycles. The molecule has 0 saturated carbocycles. The maximum Gasteiger partial charge on any atom is 0.134 e. The molecular weight excluding hydrogens is 212 g/mol. The lowest BCUT2D eigenvalue weighted by atomic mass is 10.2. The fourth-order valence-electron chi connectivity index (χ4n) is 1.55. The summed E-state index contributed by atoms with van der Waals surface area (Å²) in [6.07, 6.45) is 0. The SMILES string of the molecule is COc1ccc(C)c(Oc2ccc(C)cc2)c1. The van der Waals surface area contributed by atoms with Crippen LogP contribution in [0.2, 0.25) is 0 Å². The third-order valence-electron chi connectivity index (χ3n) is 2.64. The summed E-state index contributed by atoms with van der Waals surface area (Å²) in [4.78, 5) is 0. The zero-order valence-corrected chi connectivity index (χ0v) is 10.4. The van der Waals surface area contributed by atoms with E-state index in [0.717, 1.165) is 22.8 Å². The second-order valence-electron chi connectivity index (χ2n) is 4.05. The summed E-state index contributed by atoms with van der Waals surface area (Å²) < 4.78 is 11.0. The van der Waals surface area contributed by atoms with Crippen molar-refractivity contribution < 1.29 is 9.47 Å². The van der Waals surface area contributed by atoms with Crippen LogP contribution in [-0.2, 0) is 0 Å². The smallest absolute Gasteiger partial charge is 0.134 e. The van der Waals surface area contributed by atoms with Crippen molar-refractivity contribution in [1.29, 1.82) is 0 Å². The van der Waals surface area contributed by atoms with Crippen LogP contribution in [0.4, 0.5) is 0 Å². The van der Waals surface area contributed by atoms with Crippen LogP contribution < -0.4 is 9.47 Å². The van der Waals surface area contributed by atoms with E-state index in [1.54, 1.807) is 7.11 Å². The Labute approximate surface area is 102 Å². The molecule has 0 radical (unpaired) electrons. The lowest BCUT2D eigenvalue weighted by molar-refractivity contribution is 0.408. The Morgan fingerprint density at radius 2 is 1.47 bits per heavy atom. The lowest BCUT2D eigenvalue weighted by Gasteiger charge is -2.10. The van der Waals surface area contributed by atoms with E-state index in [9.17, 15) is 0 Å². The van der Waals surface area contributed by atoms with Gasteiger partial charge < -0.3 is 9.47 Å².